The molecule has 0 rings (SSSR count). The van der Waals surface area contributed by atoms with E-state index in [1.54, 1.807) is 47.2 Å². The number of hydrogen-bond acceptors (Lipinski definition) is 6. The Morgan fingerprint density at radius 1 is 0.600 bits per heavy atom. The summed E-state index contributed by atoms with van der Waals surface area (Å²) in [6.07, 6.45) is -0.272. The number of aliphatic hydroxyl groups is 3. The summed E-state index contributed by atoms with van der Waals surface area (Å²) in [5.41, 5.74) is 3.59. The number of rotatable bonds is 7. The summed E-state index contributed by atoms with van der Waals surface area (Å²) in [5, 5.41) is 24.2. The van der Waals surface area contributed by atoms with Gasteiger partial charge in [0.2, 0.25) is 0 Å². The van der Waals surface area contributed by atoms with E-state index >= 15 is 0 Å². The third-order valence-corrected chi connectivity index (χ3v) is 4.35. The molecule has 0 aromatic carbocycles. The molecule has 186 valence electrons. The van der Waals surface area contributed by atoms with Gasteiger partial charge in [0, 0.05) is 46.9 Å². The SMILES string of the molecule is C=C[SiH3].C=C[Si](OC(C)C)(OC(C)C)OC(C)C.CC(C)O.CC(C)O.CC(C)O. The van der Waals surface area contributed by atoms with E-state index in [2.05, 4.69) is 13.2 Å². The van der Waals surface area contributed by atoms with Crippen LogP contribution in [-0.4, -0.2) is 71.0 Å². The summed E-state index contributed by atoms with van der Waals surface area (Å²) >= 11 is 0. The van der Waals surface area contributed by atoms with E-state index < -0.39 is 8.80 Å². The Balaban J connectivity index is -0.000000113. The smallest absolute Gasteiger partial charge is 0.394 e. The number of hydrogen-bond donors (Lipinski definition) is 3. The van der Waals surface area contributed by atoms with Crippen LogP contribution in [0.3, 0.4) is 0 Å². The normalized spacial score (nSPS) is 10.6. The molecule has 6 nitrogen and oxygen atoms in total. The monoisotopic (exact) mass is 470 g/mol. The van der Waals surface area contributed by atoms with Gasteiger partial charge in [-0.15, -0.1) is 12.3 Å². The van der Waals surface area contributed by atoms with Crippen molar-refractivity contribution in [3.8, 4) is 0 Å². The van der Waals surface area contributed by atoms with Crippen LogP contribution >= 0.6 is 0 Å². The molecule has 0 unspecified atom stereocenters. The van der Waals surface area contributed by atoms with Crippen molar-refractivity contribution < 1.29 is 28.6 Å². The predicted octanol–water partition coefficient (Wildman–Crippen LogP) is 3.58. The molecule has 8 heteroatoms. The maximum atomic E-state index is 8.06. The molecule has 3 N–H and O–H groups in total. The first-order valence-electron chi connectivity index (χ1n) is 10.7. The highest BCUT2D eigenvalue weighted by atomic mass is 28.4. The molecule has 0 bridgehead atoms. The minimum absolute atomic E-state index is 0.0761. The van der Waals surface area contributed by atoms with Gasteiger partial charge >= 0.3 is 8.80 Å². The molecule has 0 aliphatic rings. The zero-order valence-corrected chi connectivity index (χ0v) is 25.1. The maximum Gasteiger partial charge on any atom is 0.529 e. The Morgan fingerprint density at radius 3 is 0.800 bits per heavy atom. The van der Waals surface area contributed by atoms with Crippen LogP contribution in [0.1, 0.15) is 83.1 Å². The van der Waals surface area contributed by atoms with Gasteiger partial charge in [-0.05, 0) is 88.8 Å². The Hall–Kier alpha value is -0.326. The first-order chi connectivity index (χ1) is 13.4. The van der Waals surface area contributed by atoms with Crippen molar-refractivity contribution in [1.82, 2.24) is 0 Å². The maximum absolute atomic E-state index is 8.06. The third kappa shape index (κ3) is 63.0. The third-order valence-electron chi connectivity index (χ3n) is 1.45. The van der Waals surface area contributed by atoms with Gasteiger partial charge < -0.3 is 28.6 Å². The fourth-order valence-corrected chi connectivity index (χ4v) is 3.64. The van der Waals surface area contributed by atoms with Crippen LogP contribution in [-0.2, 0) is 13.3 Å². The lowest BCUT2D eigenvalue weighted by Gasteiger charge is -2.31. The highest BCUT2D eigenvalue weighted by Crippen LogP contribution is 2.18. The summed E-state index contributed by atoms with van der Waals surface area (Å²) in [6, 6.07) is 0. The van der Waals surface area contributed by atoms with Crippen LogP contribution < -0.4 is 0 Å². The summed E-state index contributed by atoms with van der Waals surface area (Å²) in [6.45, 7) is 29.4. The van der Waals surface area contributed by atoms with Crippen molar-refractivity contribution in [3.63, 3.8) is 0 Å². The van der Waals surface area contributed by atoms with Crippen molar-refractivity contribution in [2.24, 2.45) is 0 Å². The van der Waals surface area contributed by atoms with Gasteiger partial charge in [-0.1, -0.05) is 6.58 Å². The van der Waals surface area contributed by atoms with Crippen molar-refractivity contribution >= 4 is 19.0 Å². The van der Waals surface area contributed by atoms with Gasteiger partial charge in [-0.25, -0.2) is 0 Å². The molecule has 0 aliphatic carbocycles. The average molecular weight is 471 g/mol. The first-order valence-corrected chi connectivity index (χ1v) is 13.7. The molecule has 0 aromatic rings. The highest BCUT2D eigenvalue weighted by molar-refractivity contribution is 6.66. The predicted molar refractivity (Wildman–Crippen MR) is 137 cm³/mol. The van der Waals surface area contributed by atoms with Gasteiger partial charge in [-0.3, -0.25) is 0 Å². The van der Waals surface area contributed by atoms with Gasteiger partial charge in [0.25, 0.3) is 0 Å². The van der Waals surface area contributed by atoms with Gasteiger partial charge in [0.15, 0.2) is 0 Å². The van der Waals surface area contributed by atoms with Crippen LogP contribution in [0.5, 0.6) is 0 Å². The Kier molecular flexibility index (Phi) is 35.7. The molecule has 0 saturated carbocycles. The average Bonchev–Trinajstić information content (AvgIpc) is 2.43. The minimum atomic E-state index is -2.69. The Morgan fingerprint density at radius 2 is 0.733 bits per heavy atom. The Bertz CT molecular complexity index is 297. The zero-order valence-electron chi connectivity index (χ0n) is 22.1. The summed E-state index contributed by atoms with van der Waals surface area (Å²) < 4.78 is 17.4. The minimum Gasteiger partial charge on any atom is -0.394 e. The second-order valence-electron chi connectivity index (χ2n) is 8.00. The van der Waals surface area contributed by atoms with Crippen molar-refractivity contribution in [3.05, 3.63) is 24.6 Å². The van der Waals surface area contributed by atoms with E-state index in [1.807, 2.05) is 47.2 Å². The summed E-state index contributed by atoms with van der Waals surface area (Å²) in [5.74, 6) is 0. The first kappa shape index (κ1) is 40.1. The lowest BCUT2D eigenvalue weighted by atomic mass is 10.5. The number of aliphatic hydroxyl groups excluding tert-OH is 3. The van der Waals surface area contributed by atoms with Gasteiger partial charge in [0.1, 0.15) is 0 Å². The molecule has 0 aliphatic heterocycles. The van der Waals surface area contributed by atoms with E-state index in [-0.39, 0.29) is 36.6 Å². The molecule has 0 saturated heterocycles. The lowest BCUT2D eigenvalue weighted by molar-refractivity contribution is 0.0140. The van der Waals surface area contributed by atoms with Crippen LogP contribution in [0.4, 0.5) is 0 Å². The fraction of sp³-hybridized carbons (Fsp3) is 0.818. The fourth-order valence-electron chi connectivity index (χ4n) is 1.21. The molecule has 0 spiro atoms. The van der Waals surface area contributed by atoms with Crippen molar-refractivity contribution in [1.29, 1.82) is 0 Å². The zero-order chi connectivity index (χ0) is 25.5. The molecule has 30 heavy (non-hydrogen) atoms. The quantitative estimate of drug-likeness (QED) is 0.493. The van der Waals surface area contributed by atoms with Crippen molar-refractivity contribution in [2.75, 3.05) is 0 Å². The van der Waals surface area contributed by atoms with E-state index in [0.29, 0.717) is 0 Å². The Labute approximate surface area is 192 Å². The van der Waals surface area contributed by atoms with Crippen LogP contribution in [0.2, 0.25) is 0 Å². The van der Waals surface area contributed by atoms with Crippen LogP contribution in [0, 0.1) is 0 Å². The lowest BCUT2D eigenvalue weighted by Crippen LogP contribution is -2.49. The van der Waals surface area contributed by atoms with Crippen LogP contribution in [0.15, 0.2) is 24.6 Å². The van der Waals surface area contributed by atoms with E-state index in [0.717, 1.165) is 10.2 Å². The van der Waals surface area contributed by atoms with E-state index in [9.17, 15) is 0 Å². The van der Waals surface area contributed by atoms with Gasteiger partial charge in [-0.2, -0.15) is 0 Å². The molecule has 0 radical (unpaired) electrons. The molecule has 0 fully saturated rings. The van der Waals surface area contributed by atoms with Crippen molar-refractivity contribution in [2.45, 2.75) is 120 Å². The second kappa shape index (κ2) is 26.7. The molecular weight excluding hydrogens is 416 g/mol. The van der Waals surface area contributed by atoms with E-state index in [1.165, 1.54) is 0 Å². The standard InChI is InChI=1S/C11H24O3Si.3C3H8O.C2H6Si/c1-8-15(12-9(2)3,13-10(4)5)14-11(6)7;3*1-3(2)4;1-2-3/h8-11H,1H2,2-7H3;3*3-4H,1-2H3;2H,1H2,3H3. The second-order valence-corrected chi connectivity index (χ2v) is 11.1. The molecule has 0 atom stereocenters. The van der Waals surface area contributed by atoms with E-state index in [4.69, 9.17) is 28.6 Å². The molecule has 0 heterocycles. The summed E-state index contributed by atoms with van der Waals surface area (Å²) in [4.78, 5) is 0. The molecular formula is C22H54O6Si2. The van der Waals surface area contributed by atoms with Crippen LogP contribution in [0.25, 0.3) is 0 Å². The largest absolute Gasteiger partial charge is 0.529 e. The molecule has 0 amide bonds. The molecule has 0 aromatic heterocycles. The highest BCUT2D eigenvalue weighted by Gasteiger charge is 2.41. The van der Waals surface area contributed by atoms with Gasteiger partial charge in [0.05, 0.1) is 0 Å². The topological polar surface area (TPSA) is 88.4 Å². The summed E-state index contributed by atoms with van der Waals surface area (Å²) in [7, 11) is -1.56.